The predicted molar refractivity (Wildman–Crippen MR) is 100 cm³/mol. The number of aromatic nitrogens is 1. The molecule has 0 aliphatic rings. The van der Waals surface area contributed by atoms with Gasteiger partial charge in [-0.3, -0.25) is 9.59 Å². The zero-order chi connectivity index (χ0) is 19.3. The van der Waals surface area contributed by atoms with Gasteiger partial charge >= 0.3 is 5.97 Å². The lowest BCUT2D eigenvalue weighted by Crippen LogP contribution is -2.25. The molecule has 0 aliphatic heterocycles. The van der Waals surface area contributed by atoms with Gasteiger partial charge in [-0.1, -0.05) is 37.6 Å². The highest BCUT2D eigenvalue weighted by Crippen LogP contribution is 2.27. The van der Waals surface area contributed by atoms with Crippen molar-refractivity contribution in [2.24, 2.45) is 5.92 Å². The van der Waals surface area contributed by atoms with E-state index in [0.717, 1.165) is 11.3 Å². The molecule has 0 unspecified atom stereocenters. The van der Waals surface area contributed by atoms with Crippen molar-refractivity contribution in [1.82, 2.24) is 4.98 Å². The highest BCUT2D eigenvalue weighted by Gasteiger charge is 2.29. The number of rotatable bonds is 7. The second kappa shape index (κ2) is 8.93. The Morgan fingerprint density at radius 2 is 1.96 bits per heavy atom. The molecule has 5 nitrogen and oxygen atoms in total. The van der Waals surface area contributed by atoms with Gasteiger partial charge in [0.1, 0.15) is 5.01 Å². The topological polar surface area (TPSA) is 80.0 Å². The molecule has 0 saturated carbocycles. The average Bonchev–Trinajstić information content (AvgIpc) is 3.01. The molecule has 1 aromatic heterocycles. The number of esters is 1. The molecule has 2 aromatic rings. The lowest BCUT2D eigenvalue weighted by molar-refractivity contribution is -0.150. The molecule has 136 valence electrons. The van der Waals surface area contributed by atoms with E-state index in [1.807, 2.05) is 19.9 Å². The molecule has 0 saturated heterocycles. The first kappa shape index (κ1) is 20.1. The maximum absolute atomic E-state index is 12.5. The largest absolute Gasteiger partial charge is 0.457 e. The summed E-state index contributed by atoms with van der Waals surface area (Å²) < 4.78 is 5.23. The van der Waals surface area contributed by atoms with Crippen LogP contribution in [0.25, 0.3) is 0 Å². The molecule has 0 N–H and O–H groups in total. The summed E-state index contributed by atoms with van der Waals surface area (Å²) in [6.45, 7) is 5.14. The molecule has 26 heavy (non-hydrogen) atoms. The number of nitriles is 1. The Morgan fingerprint density at radius 1 is 1.31 bits per heavy atom. The number of hydrogen-bond acceptors (Lipinski definition) is 6. The lowest BCUT2D eigenvalue weighted by Gasteiger charge is -2.20. The molecule has 0 bridgehead atoms. The number of ketones is 1. The van der Waals surface area contributed by atoms with Crippen LogP contribution in [-0.2, 0) is 14.3 Å². The van der Waals surface area contributed by atoms with Crippen LogP contribution in [0.5, 0.6) is 0 Å². The van der Waals surface area contributed by atoms with E-state index in [1.165, 1.54) is 11.3 Å². The van der Waals surface area contributed by atoms with Crippen molar-refractivity contribution in [3.8, 4) is 6.07 Å². The first-order chi connectivity index (χ1) is 12.3. The number of nitrogens with zero attached hydrogens (tertiary/aromatic N) is 2. The van der Waals surface area contributed by atoms with Crippen molar-refractivity contribution < 1.29 is 14.3 Å². The van der Waals surface area contributed by atoms with Crippen molar-refractivity contribution in [3.63, 3.8) is 0 Å². The number of ether oxygens (including phenoxy) is 1. The Hall–Kier alpha value is -2.23. The average molecular weight is 391 g/mol. The second-order valence-electron chi connectivity index (χ2n) is 6.24. The number of thiazole rings is 1. The molecule has 0 amide bonds. The smallest absolute Gasteiger partial charge is 0.314 e. The van der Waals surface area contributed by atoms with Crippen LogP contribution in [0.3, 0.4) is 0 Å². The zero-order valence-corrected chi connectivity index (χ0v) is 16.3. The van der Waals surface area contributed by atoms with Crippen molar-refractivity contribution in [2.45, 2.75) is 32.6 Å². The van der Waals surface area contributed by atoms with E-state index in [2.05, 4.69) is 4.98 Å². The summed E-state index contributed by atoms with van der Waals surface area (Å²) in [5, 5.41) is 12.0. The van der Waals surface area contributed by atoms with E-state index in [1.54, 1.807) is 36.6 Å². The second-order valence-corrected chi connectivity index (χ2v) is 7.56. The summed E-state index contributed by atoms with van der Waals surface area (Å²) in [6.07, 6.45) is 0. The van der Waals surface area contributed by atoms with Crippen molar-refractivity contribution >= 4 is 34.7 Å². The Morgan fingerprint density at radius 3 is 2.46 bits per heavy atom. The molecule has 7 heteroatoms. The Bertz CT molecular complexity index is 824. The number of Topliss-reactive ketones (excluding diaryl/α,β-unsaturated/α-hetero) is 1. The van der Waals surface area contributed by atoms with Crippen molar-refractivity contribution in [2.75, 3.05) is 6.61 Å². The Labute approximate surface area is 161 Å². The number of benzene rings is 1. The van der Waals surface area contributed by atoms with Gasteiger partial charge < -0.3 is 4.74 Å². The van der Waals surface area contributed by atoms with Crippen LogP contribution in [0.15, 0.2) is 29.6 Å². The van der Waals surface area contributed by atoms with Gasteiger partial charge in [0, 0.05) is 16.1 Å². The lowest BCUT2D eigenvalue weighted by atomic mass is 9.88. The zero-order valence-electron chi connectivity index (χ0n) is 14.7. The van der Waals surface area contributed by atoms with Crippen LogP contribution in [0.2, 0.25) is 5.02 Å². The van der Waals surface area contributed by atoms with E-state index in [-0.39, 0.29) is 5.92 Å². The third-order valence-electron chi connectivity index (χ3n) is 3.84. The quantitative estimate of drug-likeness (QED) is 0.659. The summed E-state index contributed by atoms with van der Waals surface area (Å²) in [7, 11) is 0. The first-order valence-electron chi connectivity index (χ1n) is 8.10. The molecule has 2 atom stereocenters. The van der Waals surface area contributed by atoms with Gasteiger partial charge in [0.2, 0.25) is 0 Å². The Kier molecular flexibility index (Phi) is 6.90. The van der Waals surface area contributed by atoms with Gasteiger partial charge in [-0.25, -0.2) is 4.98 Å². The third-order valence-corrected chi connectivity index (χ3v) is 5.12. The molecular formula is C19H19ClN2O3S. The monoisotopic (exact) mass is 390 g/mol. The fourth-order valence-corrected chi connectivity index (χ4v) is 3.54. The number of aryl methyl sites for hydroxylation is 1. The molecule has 1 aromatic carbocycles. The normalized spacial score (nSPS) is 13.1. The van der Waals surface area contributed by atoms with Gasteiger partial charge in [0.25, 0.3) is 0 Å². The number of carbonyl (C=O) groups is 2. The number of halogens is 1. The highest BCUT2D eigenvalue weighted by molar-refractivity contribution is 7.09. The molecular weight excluding hydrogens is 372 g/mol. The van der Waals surface area contributed by atoms with Crippen LogP contribution in [0.4, 0.5) is 0 Å². The maximum Gasteiger partial charge on any atom is 0.314 e. The summed E-state index contributed by atoms with van der Waals surface area (Å²) in [5.74, 6) is -2.53. The third kappa shape index (κ3) is 4.90. The highest BCUT2D eigenvalue weighted by atomic mass is 35.5. The first-order valence-corrected chi connectivity index (χ1v) is 9.35. The minimum absolute atomic E-state index is 0.0212. The van der Waals surface area contributed by atoms with Gasteiger partial charge in [-0.2, -0.15) is 5.26 Å². The van der Waals surface area contributed by atoms with Crippen LogP contribution in [0.1, 0.15) is 41.9 Å². The summed E-state index contributed by atoms with van der Waals surface area (Å²) in [5.41, 5.74) is 1.52. The van der Waals surface area contributed by atoms with Crippen LogP contribution in [0, 0.1) is 24.2 Å². The molecule has 0 aliphatic carbocycles. The number of hydrogen-bond donors (Lipinski definition) is 0. The fraction of sp³-hybridized carbons (Fsp3) is 0.368. The van der Waals surface area contributed by atoms with Crippen molar-refractivity contribution in [3.05, 3.63) is 50.9 Å². The van der Waals surface area contributed by atoms with Gasteiger partial charge in [0.05, 0.1) is 12.0 Å². The van der Waals surface area contributed by atoms with Gasteiger partial charge in [-0.05, 0) is 30.5 Å². The Balaban J connectivity index is 2.06. The molecule has 2 rings (SSSR count). The van der Waals surface area contributed by atoms with E-state index in [4.69, 9.17) is 16.3 Å². The molecule has 0 radical (unpaired) electrons. The standard InChI is InChI=1S/C19H19ClN2O3S/c1-11(2)17(13-4-6-14(20)7-5-13)19(24)25-9-16(23)15(8-21)18-22-12(3)10-26-18/h4-7,10-11,15,17H,9H2,1-3H3/t15-,17+/m0/s1. The molecule has 1 heterocycles. The fourth-order valence-electron chi connectivity index (χ4n) is 2.55. The molecule has 0 fully saturated rings. The van der Waals surface area contributed by atoms with Crippen molar-refractivity contribution in [1.29, 1.82) is 5.26 Å². The summed E-state index contributed by atoms with van der Waals surface area (Å²) in [6, 6.07) is 8.90. The SMILES string of the molecule is Cc1csc([C@@H](C#N)C(=O)COC(=O)[C@@H](c2ccc(Cl)cc2)C(C)C)n1. The van der Waals surface area contributed by atoms with Gasteiger partial charge in [0.15, 0.2) is 18.3 Å². The minimum Gasteiger partial charge on any atom is -0.457 e. The minimum atomic E-state index is -1.02. The van der Waals surface area contributed by atoms with Crippen LogP contribution < -0.4 is 0 Å². The van der Waals surface area contributed by atoms with E-state index < -0.39 is 30.2 Å². The van der Waals surface area contributed by atoms with Crippen LogP contribution >= 0.6 is 22.9 Å². The van der Waals surface area contributed by atoms with Crippen LogP contribution in [-0.4, -0.2) is 23.3 Å². The van der Waals surface area contributed by atoms with E-state index >= 15 is 0 Å². The summed E-state index contributed by atoms with van der Waals surface area (Å²) >= 11 is 7.14. The van der Waals surface area contributed by atoms with E-state index in [0.29, 0.717) is 10.0 Å². The molecule has 0 spiro atoms. The van der Waals surface area contributed by atoms with E-state index in [9.17, 15) is 14.9 Å². The maximum atomic E-state index is 12.5. The summed E-state index contributed by atoms with van der Waals surface area (Å²) in [4.78, 5) is 29.0. The van der Waals surface area contributed by atoms with Gasteiger partial charge in [-0.15, -0.1) is 11.3 Å². The number of carbonyl (C=O) groups excluding carboxylic acids is 2. The predicted octanol–water partition coefficient (Wildman–Crippen LogP) is 4.26.